The number of benzene rings is 1. The van der Waals surface area contributed by atoms with E-state index in [9.17, 15) is 0 Å². The van der Waals surface area contributed by atoms with Gasteiger partial charge in [0.1, 0.15) is 13.2 Å². The first-order valence-electron chi connectivity index (χ1n) is 6.55. The summed E-state index contributed by atoms with van der Waals surface area (Å²) in [6, 6.07) is 6.19. The SMILES string of the molecule is COCCN(C)C(CN)c1ccc2c(c1)OCCO2. The Labute approximate surface area is 114 Å². The normalized spacial score (nSPS) is 15.6. The average Bonchev–Trinajstić information content (AvgIpc) is 2.45. The molecule has 1 aromatic carbocycles. The van der Waals surface area contributed by atoms with Crippen molar-refractivity contribution < 1.29 is 14.2 Å². The molecule has 5 heteroatoms. The van der Waals surface area contributed by atoms with Crippen LogP contribution < -0.4 is 15.2 Å². The highest BCUT2D eigenvalue weighted by atomic mass is 16.6. The van der Waals surface area contributed by atoms with Gasteiger partial charge in [0.2, 0.25) is 0 Å². The molecule has 1 aromatic rings. The van der Waals surface area contributed by atoms with Crippen LogP contribution in [0.1, 0.15) is 11.6 Å². The van der Waals surface area contributed by atoms with E-state index in [-0.39, 0.29) is 6.04 Å². The van der Waals surface area contributed by atoms with Crippen molar-refractivity contribution in [3.8, 4) is 11.5 Å². The van der Waals surface area contributed by atoms with Crippen LogP contribution >= 0.6 is 0 Å². The molecular weight excluding hydrogens is 244 g/mol. The molecule has 1 aliphatic rings. The molecule has 0 aromatic heterocycles. The quantitative estimate of drug-likeness (QED) is 0.833. The molecule has 1 heterocycles. The van der Waals surface area contributed by atoms with Crippen LogP contribution in [0, 0.1) is 0 Å². The van der Waals surface area contributed by atoms with Gasteiger partial charge in [-0.25, -0.2) is 0 Å². The molecule has 0 fully saturated rings. The Hall–Kier alpha value is -1.30. The Balaban J connectivity index is 2.13. The van der Waals surface area contributed by atoms with E-state index in [1.165, 1.54) is 0 Å². The number of hydrogen-bond acceptors (Lipinski definition) is 5. The Kier molecular flexibility index (Phi) is 5.01. The smallest absolute Gasteiger partial charge is 0.161 e. The lowest BCUT2D eigenvalue weighted by atomic mass is 10.0. The van der Waals surface area contributed by atoms with Crippen molar-refractivity contribution in [2.24, 2.45) is 5.73 Å². The predicted octanol–water partition coefficient (Wildman–Crippen LogP) is 1.04. The standard InChI is InChI=1S/C14H22N2O3/c1-16(5-6-17-2)12(10-15)11-3-4-13-14(9-11)19-8-7-18-13/h3-4,9,12H,5-8,10,15H2,1-2H3. The fourth-order valence-electron chi connectivity index (χ4n) is 2.23. The van der Waals surface area contributed by atoms with E-state index in [0.717, 1.165) is 23.6 Å². The first-order chi connectivity index (χ1) is 9.26. The third-order valence-electron chi connectivity index (χ3n) is 3.35. The van der Waals surface area contributed by atoms with Crippen molar-refractivity contribution in [2.45, 2.75) is 6.04 Å². The Morgan fingerprint density at radius 3 is 2.74 bits per heavy atom. The lowest BCUT2D eigenvalue weighted by Gasteiger charge is -2.28. The predicted molar refractivity (Wildman–Crippen MR) is 73.7 cm³/mol. The number of fused-ring (bicyclic) bond motifs is 1. The maximum Gasteiger partial charge on any atom is 0.161 e. The number of likely N-dealkylation sites (N-methyl/N-ethyl adjacent to an activating group) is 1. The highest BCUT2D eigenvalue weighted by Gasteiger charge is 2.19. The zero-order chi connectivity index (χ0) is 13.7. The van der Waals surface area contributed by atoms with Crippen LogP contribution in [0.3, 0.4) is 0 Å². The first kappa shape index (κ1) is 14.1. The molecule has 2 rings (SSSR count). The number of nitrogens with zero attached hydrogens (tertiary/aromatic N) is 1. The third-order valence-corrected chi connectivity index (χ3v) is 3.35. The van der Waals surface area contributed by atoms with Gasteiger partial charge in [-0.1, -0.05) is 6.07 Å². The summed E-state index contributed by atoms with van der Waals surface area (Å²) in [4.78, 5) is 2.19. The van der Waals surface area contributed by atoms with Gasteiger partial charge in [0, 0.05) is 26.2 Å². The molecule has 0 bridgehead atoms. The van der Waals surface area contributed by atoms with E-state index in [4.69, 9.17) is 19.9 Å². The molecule has 0 radical (unpaired) electrons. The number of ether oxygens (including phenoxy) is 3. The number of rotatable bonds is 6. The van der Waals surface area contributed by atoms with E-state index in [1.807, 2.05) is 25.2 Å². The molecule has 5 nitrogen and oxygen atoms in total. The van der Waals surface area contributed by atoms with Gasteiger partial charge in [0.15, 0.2) is 11.5 Å². The van der Waals surface area contributed by atoms with Gasteiger partial charge in [-0.15, -0.1) is 0 Å². The van der Waals surface area contributed by atoms with Crippen LogP contribution in [0.25, 0.3) is 0 Å². The fraction of sp³-hybridized carbons (Fsp3) is 0.571. The van der Waals surface area contributed by atoms with Crippen molar-refractivity contribution in [1.29, 1.82) is 0 Å². The van der Waals surface area contributed by atoms with Gasteiger partial charge in [0.05, 0.1) is 6.61 Å². The molecule has 1 unspecified atom stereocenters. The molecule has 0 aliphatic carbocycles. The summed E-state index contributed by atoms with van der Waals surface area (Å²) in [5.74, 6) is 1.62. The van der Waals surface area contributed by atoms with Gasteiger partial charge >= 0.3 is 0 Å². The topological polar surface area (TPSA) is 57.0 Å². The van der Waals surface area contributed by atoms with Gasteiger partial charge in [-0.05, 0) is 24.7 Å². The summed E-state index contributed by atoms with van der Waals surface area (Å²) in [7, 11) is 3.75. The van der Waals surface area contributed by atoms with Crippen molar-refractivity contribution in [3.05, 3.63) is 23.8 Å². The number of hydrogen-bond donors (Lipinski definition) is 1. The van der Waals surface area contributed by atoms with E-state index >= 15 is 0 Å². The van der Waals surface area contributed by atoms with Crippen molar-refractivity contribution in [1.82, 2.24) is 4.90 Å². The molecule has 0 amide bonds. The lowest BCUT2D eigenvalue weighted by molar-refractivity contribution is 0.139. The maximum absolute atomic E-state index is 5.90. The molecule has 106 valence electrons. The second-order valence-corrected chi connectivity index (χ2v) is 4.63. The van der Waals surface area contributed by atoms with Crippen molar-refractivity contribution >= 4 is 0 Å². The second kappa shape index (κ2) is 6.75. The van der Waals surface area contributed by atoms with Crippen LogP contribution in [0.4, 0.5) is 0 Å². The zero-order valence-electron chi connectivity index (χ0n) is 11.6. The van der Waals surface area contributed by atoms with Gasteiger partial charge in [-0.3, -0.25) is 4.90 Å². The summed E-state index contributed by atoms with van der Waals surface area (Å²) in [6.45, 7) is 3.30. The largest absolute Gasteiger partial charge is 0.486 e. The van der Waals surface area contributed by atoms with Crippen LogP contribution in [-0.4, -0.2) is 52.0 Å². The molecule has 2 N–H and O–H groups in total. The lowest BCUT2D eigenvalue weighted by Crippen LogP contribution is -2.33. The minimum Gasteiger partial charge on any atom is -0.486 e. The minimum absolute atomic E-state index is 0.158. The van der Waals surface area contributed by atoms with Crippen molar-refractivity contribution in [2.75, 3.05) is 47.1 Å². The van der Waals surface area contributed by atoms with E-state index in [0.29, 0.717) is 26.4 Å². The molecule has 0 saturated carbocycles. The first-order valence-corrected chi connectivity index (χ1v) is 6.55. The summed E-state index contributed by atoms with van der Waals surface area (Å²) in [5, 5.41) is 0. The Morgan fingerprint density at radius 1 is 1.32 bits per heavy atom. The van der Waals surface area contributed by atoms with Crippen molar-refractivity contribution in [3.63, 3.8) is 0 Å². The minimum atomic E-state index is 0.158. The zero-order valence-corrected chi connectivity index (χ0v) is 11.6. The molecule has 0 saturated heterocycles. The summed E-state index contributed by atoms with van der Waals surface area (Å²) < 4.78 is 16.2. The molecule has 1 atom stereocenters. The van der Waals surface area contributed by atoms with E-state index in [1.54, 1.807) is 7.11 Å². The molecular formula is C14H22N2O3. The summed E-state index contributed by atoms with van der Waals surface area (Å²) in [5.41, 5.74) is 7.04. The highest BCUT2D eigenvalue weighted by molar-refractivity contribution is 5.44. The van der Waals surface area contributed by atoms with Crippen LogP contribution in [0.5, 0.6) is 11.5 Å². The van der Waals surface area contributed by atoms with Crippen LogP contribution in [0.2, 0.25) is 0 Å². The number of methoxy groups -OCH3 is 1. The molecule has 19 heavy (non-hydrogen) atoms. The van der Waals surface area contributed by atoms with Gasteiger partial charge < -0.3 is 19.9 Å². The third kappa shape index (κ3) is 3.37. The maximum atomic E-state index is 5.90. The van der Waals surface area contributed by atoms with Gasteiger partial charge in [0.25, 0.3) is 0 Å². The monoisotopic (exact) mass is 266 g/mol. The Bertz CT molecular complexity index is 412. The second-order valence-electron chi connectivity index (χ2n) is 4.63. The van der Waals surface area contributed by atoms with Crippen LogP contribution in [0.15, 0.2) is 18.2 Å². The highest BCUT2D eigenvalue weighted by Crippen LogP contribution is 2.33. The van der Waals surface area contributed by atoms with Crippen LogP contribution in [-0.2, 0) is 4.74 Å². The van der Waals surface area contributed by atoms with E-state index in [2.05, 4.69) is 4.90 Å². The van der Waals surface area contributed by atoms with Gasteiger partial charge in [-0.2, -0.15) is 0 Å². The van der Waals surface area contributed by atoms with E-state index < -0.39 is 0 Å². The average molecular weight is 266 g/mol. The number of nitrogens with two attached hydrogens (primary N) is 1. The summed E-state index contributed by atoms with van der Waals surface area (Å²) in [6.07, 6.45) is 0. The fourth-order valence-corrected chi connectivity index (χ4v) is 2.23. The molecule has 1 aliphatic heterocycles. The summed E-state index contributed by atoms with van der Waals surface area (Å²) >= 11 is 0. The Morgan fingerprint density at radius 2 is 2.05 bits per heavy atom. The molecule has 0 spiro atoms.